The minimum atomic E-state index is 0.101. The topological polar surface area (TPSA) is 59.9 Å². The van der Waals surface area contributed by atoms with Crippen LogP contribution >= 0.6 is 23.2 Å². The summed E-state index contributed by atoms with van der Waals surface area (Å²) in [5, 5.41) is 3.38. The van der Waals surface area contributed by atoms with Gasteiger partial charge in [0.2, 0.25) is 16.5 Å². The lowest BCUT2D eigenvalue weighted by atomic mass is 10.2. The van der Waals surface area contributed by atoms with Crippen LogP contribution in [-0.4, -0.2) is 34.2 Å². The van der Waals surface area contributed by atoms with Gasteiger partial charge in [-0.05, 0) is 42.5 Å². The van der Waals surface area contributed by atoms with Crippen molar-refractivity contribution in [3.05, 3.63) is 10.6 Å². The van der Waals surface area contributed by atoms with Gasteiger partial charge in [-0.15, -0.1) is 0 Å². The Morgan fingerprint density at radius 3 is 2.44 bits per heavy atom. The maximum absolute atomic E-state index is 5.68. The smallest absolute Gasteiger partial charge is 0.228 e. The molecule has 0 amide bonds. The molecule has 0 aliphatic heterocycles. The van der Waals surface area contributed by atoms with Crippen LogP contribution in [0.15, 0.2) is 0 Å². The van der Waals surface area contributed by atoms with E-state index in [9.17, 15) is 0 Å². The monoisotopic (exact) mass is 262 g/mol. The molecule has 1 heterocycles. The van der Waals surface area contributed by atoms with Crippen molar-refractivity contribution >= 4 is 29.2 Å². The summed E-state index contributed by atoms with van der Waals surface area (Å²) in [6, 6.07) is 0.305. The number of ether oxygens (including phenoxy) is 1. The van der Waals surface area contributed by atoms with Crippen LogP contribution in [0.4, 0.5) is 5.95 Å². The molecule has 2 atom stereocenters. The van der Waals surface area contributed by atoms with Gasteiger partial charge in [0.15, 0.2) is 0 Å². The number of nitrogens with one attached hydrogen (secondary N) is 1. The van der Waals surface area contributed by atoms with Crippen LogP contribution in [0.3, 0.4) is 0 Å². The summed E-state index contributed by atoms with van der Waals surface area (Å²) >= 11 is 11.4. The number of nitrogens with zero attached hydrogens (tertiary/aromatic N) is 3. The molecule has 1 fully saturated rings. The van der Waals surface area contributed by atoms with Crippen molar-refractivity contribution in [1.29, 1.82) is 0 Å². The normalized spacial score (nSPS) is 24.7. The standard InChI is InChI=1S/C9H12Cl2N4O/c1-16-6-3-2-5(4-6)12-9-14-7(10)13-8(11)15-9/h5-6H,2-4H2,1H3,(H,12,13,14,15). The lowest BCUT2D eigenvalue weighted by Crippen LogP contribution is -2.19. The van der Waals surface area contributed by atoms with E-state index in [4.69, 9.17) is 27.9 Å². The number of methoxy groups -OCH3 is 1. The second-order valence-electron chi connectivity index (χ2n) is 3.71. The van der Waals surface area contributed by atoms with Crippen LogP contribution in [0, 0.1) is 0 Å². The molecule has 0 radical (unpaired) electrons. The van der Waals surface area contributed by atoms with Crippen molar-refractivity contribution in [2.45, 2.75) is 31.4 Å². The summed E-state index contributed by atoms with van der Waals surface area (Å²) in [5.41, 5.74) is 0. The SMILES string of the molecule is COC1CCC(Nc2nc(Cl)nc(Cl)n2)C1. The fourth-order valence-corrected chi connectivity index (χ4v) is 2.22. The Bertz CT molecular complexity index is 356. The fourth-order valence-electron chi connectivity index (χ4n) is 1.86. The number of hydrogen-bond acceptors (Lipinski definition) is 5. The average molecular weight is 263 g/mol. The maximum atomic E-state index is 5.68. The summed E-state index contributed by atoms with van der Waals surface area (Å²) in [6.45, 7) is 0. The third-order valence-corrected chi connectivity index (χ3v) is 2.97. The van der Waals surface area contributed by atoms with Crippen molar-refractivity contribution in [2.24, 2.45) is 0 Å². The molecular weight excluding hydrogens is 251 g/mol. The Labute approximate surface area is 104 Å². The van der Waals surface area contributed by atoms with Crippen molar-refractivity contribution in [3.63, 3.8) is 0 Å². The van der Waals surface area contributed by atoms with Crippen LogP contribution in [-0.2, 0) is 4.74 Å². The van der Waals surface area contributed by atoms with Crippen LogP contribution in [0.5, 0.6) is 0 Å². The van der Waals surface area contributed by atoms with E-state index in [1.807, 2.05) is 0 Å². The highest BCUT2D eigenvalue weighted by atomic mass is 35.5. The number of anilines is 1. The molecule has 1 saturated carbocycles. The molecule has 16 heavy (non-hydrogen) atoms. The minimum Gasteiger partial charge on any atom is -0.381 e. The quantitative estimate of drug-likeness (QED) is 0.905. The zero-order chi connectivity index (χ0) is 11.5. The maximum Gasteiger partial charge on any atom is 0.228 e. The van der Waals surface area contributed by atoms with Gasteiger partial charge in [0.25, 0.3) is 0 Å². The van der Waals surface area contributed by atoms with Crippen LogP contribution < -0.4 is 5.32 Å². The van der Waals surface area contributed by atoms with E-state index in [0.29, 0.717) is 18.1 Å². The van der Waals surface area contributed by atoms with Gasteiger partial charge in [0.05, 0.1) is 6.10 Å². The number of aromatic nitrogens is 3. The molecule has 1 aromatic heterocycles. The molecule has 2 rings (SSSR count). The van der Waals surface area contributed by atoms with E-state index in [0.717, 1.165) is 19.3 Å². The minimum absolute atomic E-state index is 0.101. The summed E-state index contributed by atoms with van der Waals surface area (Å²) in [4.78, 5) is 11.6. The Morgan fingerprint density at radius 2 is 1.88 bits per heavy atom. The van der Waals surface area contributed by atoms with E-state index >= 15 is 0 Å². The Balaban J connectivity index is 1.99. The predicted octanol–water partition coefficient (Wildman–Crippen LogP) is 2.16. The summed E-state index contributed by atoms with van der Waals surface area (Å²) < 4.78 is 5.28. The highest BCUT2D eigenvalue weighted by Crippen LogP contribution is 2.24. The average Bonchev–Trinajstić information content (AvgIpc) is 2.64. The molecule has 0 aromatic carbocycles. The number of halogens is 2. The molecule has 5 nitrogen and oxygen atoms in total. The molecule has 1 aliphatic carbocycles. The molecule has 7 heteroatoms. The Hall–Kier alpha value is -0.650. The van der Waals surface area contributed by atoms with Gasteiger partial charge in [0, 0.05) is 13.2 Å². The van der Waals surface area contributed by atoms with E-state index in [1.54, 1.807) is 7.11 Å². The zero-order valence-corrected chi connectivity index (χ0v) is 10.3. The van der Waals surface area contributed by atoms with Crippen LogP contribution in [0.1, 0.15) is 19.3 Å². The molecule has 0 saturated heterocycles. The Morgan fingerprint density at radius 1 is 1.19 bits per heavy atom. The van der Waals surface area contributed by atoms with Gasteiger partial charge < -0.3 is 10.1 Å². The zero-order valence-electron chi connectivity index (χ0n) is 8.78. The first-order valence-electron chi connectivity index (χ1n) is 5.04. The molecule has 2 unspecified atom stereocenters. The summed E-state index contributed by atoms with van der Waals surface area (Å²) in [7, 11) is 1.73. The van der Waals surface area contributed by atoms with E-state index < -0.39 is 0 Å². The lowest BCUT2D eigenvalue weighted by molar-refractivity contribution is 0.108. The second-order valence-corrected chi connectivity index (χ2v) is 4.39. The molecular formula is C9H12Cl2N4O. The van der Waals surface area contributed by atoms with Gasteiger partial charge in [-0.3, -0.25) is 0 Å². The first-order chi connectivity index (χ1) is 7.67. The van der Waals surface area contributed by atoms with E-state index in [1.165, 1.54) is 0 Å². The van der Waals surface area contributed by atoms with Gasteiger partial charge in [0.1, 0.15) is 0 Å². The van der Waals surface area contributed by atoms with Crippen LogP contribution in [0.2, 0.25) is 10.6 Å². The van der Waals surface area contributed by atoms with E-state index in [-0.39, 0.29) is 10.6 Å². The predicted molar refractivity (Wildman–Crippen MR) is 61.9 cm³/mol. The van der Waals surface area contributed by atoms with Gasteiger partial charge >= 0.3 is 0 Å². The molecule has 1 aliphatic rings. The van der Waals surface area contributed by atoms with Gasteiger partial charge in [-0.25, -0.2) is 0 Å². The first kappa shape index (κ1) is 11.8. The van der Waals surface area contributed by atoms with Crippen molar-refractivity contribution in [1.82, 2.24) is 15.0 Å². The highest BCUT2D eigenvalue weighted by molar-refractivity contribution is 6.31. The first-order valence-corrected chi connectivity index (χ1v) is 5.79. The third kappa shape index (κ3) is 2.93. The third-order valence-electron chi connectivity index (χ3n) is 2.63. The molecule has 88 valence electrons. The number of hydrogen-bond donors (Lipinski definition) is 1. The molecule has 1 N–H and O–H groups in total. The van der Waals surface area contributed by atoms with Crippen molar-refractivity contribution in [3.8, 4) is 0 Å². The molecule has 1 aromatic rings. The highest BCUT2D eigenvalue weighted by Gasteiger charge is 2.24. The van der Waals surface area contributed by atoms with Crippen molar-refractivity contribution in [2.75, 3.05) is 12.4 Å². The van der Waals surface area contributed by atoms with Crippen molar-refractivity contribution < 1.29 is 4.74 Å². The van der Waals surface area contributed by atoms with Gasteiger partial charge in [-0.1, -0.05) is 0 Å². The fraction of sp³-hybridized carbons (Fsp3) is 0.667. The van der Waals surface area contributed by atoms with E-state index in [2.05, 4.69) is 20.3 Å². The lowest BCUT2D eigenvalue weighted by Gasteiger charge is -2.12. The molecule has 0 bridgehead atoms. The summed E-state index contributed by atoms with van der Waals surface area (Å²) in [6.07, 6.45) is 3.32. The second kappa shape index (κ2) is 5.12. The Kier molecular flexibility index (Phi) is 3.78. The molecule has 0 spiro atoms. The number of rotatable bonds is 3. The van der Waals surface area contributed by atoms with Gasteiger partial charge in [-0.2, -0.15) is 15.0 Å². The summed E-state index contributed by atoms with van der Waals surface area (Å²) in [5.74, 6) is 0.423. The largest absolute Gasteiger partial charge is 0.381 e. The van der Waals surface area contributed by atoms with Crippen LogP contribution in [0.25, 0.3) is 0 Å².